The van der Waals surface area contributed by atoms with Crippen molar-refractivity contribution in [3.63, 3.8) is 0 Å². The van der Waals surface area contributed by atoms with Crippen molar-refractivity contribution in [3.8, 4) is 0 Å². The smallest absolute Gasteiger partial charge is 0.335 e. The zero-order valence-corrected chi connectivity index (χ0v) is 14.4. The lowest BCUT2D eigenvalue weighted by Crippen LogP contribution is -2.14. The van der Waals surface area contributed by atoms with E-state index >= 15 is 0 Å². The largest absolute Gasteiger partial charge is 0.478 e. The quantitative estimate of drug-likeness (QED) is 0.756. The van der Waals surface area contributed by atoms with Crippen molar-refractivity contribution in [2.45, 2.75) is 45.4 Å². The highest BCUT2D eigenvalue weighted by Gasteiger charge is 2.24. The van der Waals surface area contributed by atoms with E-state index in [1.807, 2.05) is 0 Å². The van der Waals surface area contributed by atoms with E-state index in [0.29, 0.717) is 10.6 Å². The van der Waals surface area contributed by atoms with E-state index < -0.39 is 5.97 Å². The Morgan fingerprint density at radius 2 is 1.78 bits per heavy atom. The molecule has 0 fully saturated rings. The molecule has 2 rings (SSSR count). The zero-order valence-electron chi connectivity index (χ0n) is 13.6. The van der Waals surface area contributed by atoms with Crippen LogP contribution in [0.4, 0.5) is 0 Å². The Morgan fingerprint density at radius 1 is 1.17 bits per heavy atom. The number of aromatic carboxylic acids is 1. The number of nitrogens with zero attached hydrogens (tertiary/aromatic N) is 1. The van der Waals surface area contributed by atoms with E-state index in [9.17, 15) is 9.59 Å². The lowest BCUT2D eigenvalue weighted by Gasteiger charge is -2.22. The molecule has 122 valence electrons. The topological polar surface area (TPSA) is 67.3 Å². The highest BCUT2D eigenvalue weighted by molar-refractivity contribution is 7.14. The third-order valence-electron chi connectivity index (χ3n) is 3.92. The molecule has 5 heteroatoms. The minimum absolute atomic E-state index is 0.0133. The fraction of sp³-hybridized carbons (Fsp3) is 0.389. The number of unbranched alkanes of at least 4 members (excludes halogenated alkanes) is 1. The molecule has 0 atom stereocenters. The summed E-state index contributed by atoms with van der Waals surface area (Å²) in [5.74, 6) is -1.16. The number of aromatic nitrogens is 1. The number of ketones is 1. The SMILES string of the molecule is CCCCC(C)(C)c1cnc(C(=O)c2ccc(C(=O)O)cc2)s1. The summed E-state index contributed by atoms with van der Waals surface area (Å²) in [6, 6.07) is 5.95. The van der Waals surface area contributed by atoms with Crippen molar-refractivity contribution in [1.29, 1.82) is 0 Å². The van der Waals surface area contributed by atoms with Crippen molar-refractivity contribution in [3.05, 3.63) is 51.5 Å². The molecule has 0 saturated carbocycles. The van der Waals surface area contributed by atoms with Crippen LogP contribution >= 0.6 is 11.3 Å². The minimum atomic E-state index is -1.00. The standard InChI is InChI=1S/C18H21NO3S/c1-4-5-10-18(2,3)14-11-19-16(23-14)15(20)12-6-8-13(9-7-12)17(21)22/h6-9,11H,4-5,10H2,1-3H3,(H,21,22). The van der Waals surface area contributed by atoms with Crippen molar-refractivity contribution in [2.75, 3.05) is 0 Å². The zero-order chi connectivity index (χ0) is 17.0. The van der Waals surface area contributed by atoms with Gasteiger partial charge in [-0.1, -0.05) is 45.7 Å². The Balaban J connectivity index is 2.19. The van der Waals surface area contributed by atoms with Gasteiger partial charge in [-0.15, -0.1) is 11.3 Å². The molecule has 0 aliphatic carbocycles. The van der Waals surface area contributed by atoms with Gasteiger partial charge in [0.05, 0.1) is 5.56 Å². The monoisotopic (exact) mass is 331 g/mol. The van der Waals surface area contributed by atoms with Crippen LogP contribution in [0.1, 0.15) is 70.6 Å². The lowest BCUT2D eigenvalue weighted by molar-refractivity contribution is 0.0696. The molecule has 0 aliphatic heterocycles. The molecule has 0 spiro atoms. The Morgan fingerprint density at radius 3 is 2.35 bits per heavy atom. The van der Waals surface area contributed by atoms with Gasteiger partial charge in [-0.2, -0.15) is 0 Å². The summed E-state index contributed by atoms with van der Waals surface area (Å²) in [5, 5.41) is 9.35. The molecule has 0 saturated heterocycles. The third-order valence-corrected chi connectivity index (χ3v) is 5.28. The average molecular weight is 331 g/mol. The number of thiazole rings is 1. The summed E-state index contributed by atoms with van der Waals surface area (Å²) in [6.07, 6.45) is 5.14. The Bertz CT molecular complexity index is 701. The van der Waals surface area contributed by atoms with E-state index in [2.05, 4.69) is 25.8 Å². The normalized spacial score (nSPS) is 11.4. The highest BCUT2D eigenvalue weighted by Crippen LogP contribution is 2.33. The van der Waals surface area contributed by atoms with Crippen LogP contribution in [-0.2, 0) is 5.41 Å². The lowest BCUT2D eigenvalue weighted by atomic mass is 9.86. The fourth-order valence-corrected chi connectivity index (χ4v) is 3.33. The molecule has 1 aromatic heterocycles. The van der Waals surface area contributed by atoms with Crippen LogP contribution in [0.5, 0.6) is 0 Å². The summed E-state index contributed by atoms with van der Waals surface area (Å²) in [5.41, 5.74) is 0.642. The Kier molecular flexibility index (Phi) is 5.31. The van der Waals surface area contributed by atoms with Gasteiger partial charge in [-0.25, -0.2) is 9.78 Å². The maximum absolute atomic E-state index is 12.5. The predicted molar refractivity (Wildman–Crippen MR) is 91.5 cm³/mol. The Hall–Kier alpha value is -2.01. The molecule has 0 unspecified atom stereocenters. The number of carbonyl (C=O) groups excluding carboxylic acids is 1. The molecule has 1 N–H and O–H groups in total. The molecule has 0 radical (unpaired) electrons. The minimum Gasteiger partial charge on any atom is -0.478 e. The average Bonchev–Trinajstić information content (AvgIpc) is 3.03. The second-order valence-electron chi connectivity index (χ2n) is 6.23. The maximum Gasteiger partial charge on any atom is 0.335 e. The number of hydrogen-bond acceptors (Lipinski definition) is 4. The summed E-state index contributed by atoms with van der Waals surface area (Å²) < 4.78 is 0. The van der Waals surface area contributed by atoms with Gasteiger partial charge in [0.15, 0.2) is 5.01 Å². The van der Waals surface area contributed by atoms with Gasteiger partial charge in [0, 0.05) is 22.1 Å². The van der Waals surface area contributed by atoms with Gasteiger partial charge in [-0.05, 0) is 18.6 Å². The number of carboxylic acid groups (broad SMARTS) is 1. The third kappa shape index (κ3) is 4.05. The first-order chi connectivity index (χ1) is 10.8. The number of hydrogen-bond donors (Lipinski definition) is 1. The van der Waals surface area contributed by atoms with Crippen molar-refractivity contribution >= 4 is 23.1 Å². The second-order valence-corrected chi connectivity index (χ2v) is 7.26. The number of carbonyl (C=O) groups is 2. The van der Waals surface area contributed by atoms with Crippen LogP contribution in [-0.4, -0.2) is 21.8 Å². The van der Waals surface area contributed by atoms with Gasteiger partial charge in [-0.3, -0.25) is 4.79 Å². The van der Waals surface area contributed by atoms with Crippen molar-refractivity contribution in [2.24, 2.45) is 0 Å². The second kappa shape index (κ2) is 7.04. The molecule has 23 heavy (non-hydrogen) atoms. The molecule has 4 nitrogen and oxygen atoms in total. The highest BCUT2D eigenvalue weighted by atomic mass is 32.1. The molecule has 2 aromatic rings. The Labute approximate surface area is 140 Å². The van der Waals surface area contributed by atoms with Gasteiger partial charge in [0.1, 0.15) is 0 Å². The summed E-state index contributed by atoms with van der Waals surface area (Å²) >= 11 is 1.43. The van der Waals surface area contributed by atoms with E-state index in [1.54, 1.807) is 6.20 Å². The molecular weight excluding hydrogens is 310 g/mol. The van der Waals surface area contributed by atoms with E-state index in [1.165, 1.54) is 35.6 Å². The van der Waals surface area contributed by atoms with Gasteiger partial charge < -0.3 is 5.11 Å². The fourth-order valence-electron chi connectivity index (χ4n) is 2.32. The predicted octanol–water partition coefficient (Wildman–Crippen LogP) is 4.54. The van der Waals surface area contributed by atoms with E-state index in [4.69, 9.17) is 5.11 Å². The van der Waals surface area contributed by atoms with Crippen LogP contribution in [0, 0.1) is 0 Å². The van der Waals surface area contributed by atoms with Crippen LogP contribution in [0.15, 0.2) is 30.5 Å². The van der Waals surface area contributed by atoms with Gasteiger partial charge >= 0.3 is 5.97 Å². The first-order valence-corrected chi connectivity index (χ1v) is 8.51. The van der Waals surface area contributed by atoms with Crippen molar-refractivity contribution in [1.82, 2.24) is 4.98 Å². The van der Waals surface area contributed by atoms with E-state index in [0.717, 1.165) is 24.1 Å². The van der Waals surface area contributed by atoms with Crippen LogP contribution in [0.2, 0.25) is 0 Å². The van der Waals surface area contributed by atoms with E-state index in [-0.39, 0.29) is 16.8 Å². The molecule has 0 aliphatic rings. The van der Waals surface area contributed by atoms with Gasteiger partial charge in [0.25, 0.3) is 0 Å². The first kappa shape index (κ1) is 17.3. The number of rotatable bonds is 7. The molecule has 0 amide bonds. The molecule has 1 aromatic carbocycles. The van der Waals surface area contributed by atoms with Crippen LogP contribution < -0.4 is 0 Å². The molecule has 1 heterocycles. The molecular formula is C18H21NO3S. The molecule has 0 bridgehead atoms. The number of carboxylic acids is 1. The number of benzene rings is 1. The summed E-state index contributed by atoms with van der Waals surface area (Å²) in [4.78, 5) is 28.7. The summed E-state index contributed by atoms with van der Waals surface area (Å²) in [6.45, 7) is 6.51. The maximum atomic E-state index is 12.5. The van der Waals surface area contributed by atoms with Crippen LogP contribution in [0.25, 0.3) is 0 Å². The van der Waals surface area contributed by atoms with Crippen LogP contribution in [0.3, 0.4) is 0 Å². The van der Waals surface area contributed by atoms with Crippen molar-refractivity contribution < 1.29 is 14.7 Å². The summed E-state index contributed by atoms with van der Waals surface area (Å²) in [7, 11) is 0. The van der Waals surface area contributed by atoms with Gasteiger partial charge in [0.2, 0.25) is 5.78 Å². The first-order valence-electron chi connectivity index (χ1n) is 7.69.